The minimum absolute atomic E-state index is 0. The number of hydrogen-bond acceptors (Lipinski definition) is 0. The van der Waals surface area contributed by atoms with Gasteiger partial charge in [0.2, 0.25) is 0 Å². The van der Waals surface area contributed by atoms with Crippen LogP contribution in [-0.4, -0.2) is 0 Å². The third kappa shape index (κ3) is 6.53. The molecule has 4 aromatic rings. The standard InChI is InChI=1S/C32H35.3ClH.Ti/c1-20-9-21(2)13-28(12-20)32(31-18-26(7)27(8)19-31,29-14-22(3)10-23(4)15-29)30-16-24(5)11-25(6)17-30;;;;/h9-19H,1-8H3;3*1H;/q-1;;;;+4/p-3. The Morgan fingerprint density at radius 1 is 0.417 bits per heavy atom. The Kier molecular flexibility index (Phi) is 12.9. The second-order valence-electron chi connectivity index (χ2n) is 9.99. The Bertz CT molecular complexity index is 1110. The summed E-state index contributed by atoms with van der Waals surface area (Å²) in [6.45, 7) is 17.7. The summed E-state index contributed by atoms with van der Waals surface area (Å²) in [4.78, 5) is 0. The summed E-state index contributed by atoms with van der Waals surface area (Å²) in [5, 5.41) is 0. The predicted octanol–water partition coefficient (Wildman–Crippen LogP) is -0.735. The van der Waals surface area contributed by atoms with Crippen molar-refractivity contribution in [3.05, 3.63) is 133 Å². The van der Waals surface area contributed by atoms with E-state index in [-0.39, 0.29) is 64.4 Å². The zero-order valence-corrected chi connectivity index (χ0v) is 26.3. The zero-order chi connectivity index (χ0) is 23.2. The molecule has 0 atom stereocenters. The minimum Gasteiger partial charge on any atom is -1.00 e. The maximum Gasteiger partial charge on any atom is 4.00 e. The molecule has 4 rings (SSSR count). The molecule has 0 bridgehead atoms. The van der Waals surface area contributed by atoms with E-state index in [0.29, 0.717) is 0 Å². The van der Waals surface area contributed by atoms with Crippen LogP contribution >= 0.6 is 0 Å². The summed E-state index contributed by atoms with van der Waals surface area (Å²) in [6, 6.07) is 26.0. The Morgan fingerprint density at radius 2 is 0.639 bits per heavy atom. The molecule has 4 aromatic carbocycles. The van der Waals surface area contributed by atoms with Crippen LogP contribution in [0.3, 0.4) is 0 Å². The molecule has 0 aliphatic rings. The zero-order valence-electron chi connectivity index (χ0n) is 22.5. The van der Waals surface area contributed by atoms with Gasteiger partial charge in [0.1, 0.15) is 0 Å². The van der Waals surface area contributed by atoms with E-state index < -0.39 is 0 Å². The molecule has 0 fully saturated rings. The smallest absolute Gasteiger partial charge is 1.00 e. The topological polar surface area (TPSA) is 0 Å². The van der Waals surface area contributed by atoms with Crippen LogP contribution in [0.4, 0.5) is 0 Å². The van der Waals surface area contributed by atoms with Gasteiger partial charge in [0.05, 0.1) is 0 Å². The van der Waals surface area contributed by atoms with Crippen molar-refractivity contribution in [1.82, 2.24) is 0 Å². The Morgan fingerprint density at radius 3 is 0.861 bits per heavy atom. The van der Waals surface area contributed by atoms with Gasteiger partial charge in [0.25, 0.3) is 0 Å². The first kappa shape index (κ1) is 34.6. The van der Waals surface area contributed by atoms with Crippen LogP contribution < -0.4 is 37.2 Å². The molecule has 36 heavy (non-hydrogen) atoms. The SMILES string of the molecule is Cc1cc(C)cc(C(c2cc(C)cc(C)c2)(c2cc(C)cc(C)c2)[c-]2cc(C)c(C)c2)c1.[Cl-].[Cl-].[Cl-].[Ti+4]. The van der Waals surface area contributed by atoms with Gasteiger partial charge in [0, 0.05) is 5.41 Å². The third-order valence-corrected chi connectivity index (χ3v) is 6.76. The van der Waals surface area contributed by atoms with Gasteiger partial charge in [-0.05, 0) is 58.2 Å². The van der Waals surface area contributed by atoms with Crippen molar-refractivity contribution in [3.8, 4) is 0 Å². The number of halogens is 3. The van der Waals surface area contributed by atoms with Gasteiger partial charge in [-0.25, -0.2) is 0 Å². The summed E-state index contributed by atoms with van der Waals surface area (Å²) in [5.74, 6) is 0. The van der Waals surface area contributed by atoms with Crippen LogP contribution in [0.2, 0.25) is 0 Å². The third-order valence-electron chi connectivity index (χ3n) is 6.76. The summed E-state index contributed by atoms with van der Waals surface area (Å²) < 4.78 is 0. The quantitative estimate of drug-likeness (QED) is 0.172. The molecule has 0 nitrogen and oxygen atoms in total. The molecule has 0 heterocycles. The van der Waals surface area contributed by atoms with Gasteiger partial charge < -0.3 is 37.2 Å². The Labute approximate surface area is 251 Å². The predicted molar refractivity (Wildman–Crippen MR) is 138 cm³/mol. The van der Waals surface area contributed by atoms with Crippen LogP contribution in [0.1, 0.15) is 66.8 Å². The van der Waals surface area contributed by atoms with E-state index in [1.165, 1.54) is 66.8 Å². The normalized spacial score (nSPS) is 10.4. The molecule has 0 aromatic heterocycles. The van der Waals surface area contributed by atoms with Crippen molar-refractivity contribution in [2.75, 3.05) is 0 Å². The van der Waals surface area contributed by atoms with Crippen molar-refractivity contribution < 1.29 is 58.9 Å². The Hall–Kier alpha value is -1.41. The summed E-state index contributed by atoms with van der Waals surface area (Å²) in [5.41, 5.74) is 15.5. The van der Waals surface area contributed by atoms with Crippen LogP contribution in [0, 0.1) is 55.4 Å². The minimum atomic E-state index is -0.372. The molecule has 0 amide bonds. The molecule has 0 spiro atoms. The first-order chi connectivity index (χ1) is 15.1. The van der Waals surface area contributed by atoms with Crippen molar-refractivity contribution in [3.63, 3.8) is 0 Å². The van der Waals surface area contributed by atoms with Crippen LogP contribution in [0.25, 0.3) is 0 Å². The molecular weight excluding hydrogens is 539 g/mol. The van der Waals surface area contributed by atoms with Gasteiger partial charge in [-0.3, -0.25) is 0 Å². The fourth-order valence-electron chi connectivity index (χ4n) is 5.53. The first-order valence-electron chi connectivity index (χ1n) is 11.6. The van der Waals surface area contributed by atoms with E-state index in [0.717, 1.165) is 0 Å². The molecule has 0 N–H and O–H groups in total. The maximum absolute atomic E-state index is 2.41. The van der Waals surface area contributed by atoms with Crippen molar-refractivity contribution in [1.29, 1.82) is 0 Å². The fraction of sp³-hybridized carbons (Fsp3) is 0.281. The second-order valence-corrected chi connectivity index (χ2v) is 9.99. The summed E-state index contributed by atoms with van der Waals surface area (Å²) in [7, 11) is 0. The van der Waals surface area contributed by atoms with E-state index >= 15 is 0 Å². The monoisotopic (exact) mass is 572 g/mol. The average molecular weight is 574 g/mol. The first-order valence-corrected chi connectivity index (χ1v) is 11.6. The molecule has 188 valence electrons. The molecule has 0 saturated carbocycles. The van der Waals surface area contributed by atoms with E-state index in [9.17, 15) is 0 Å². The van der Waals surface area contributed by atoms with E-state index in [1.54, 1.807) is 0 Å². The van der Waals surface area contributed by atoms with Gasteiger partial charge in [0.15, 0.2) is 0 Å². The van der Waals surface area contributed by atoms with Crippen molar-refractivity contribution >= 4 is 0 Å². The van der Waals surface area contributed by atoms with Gasteiger partial charge >= 0.3 is 21.7 Å². The molecule has 0 aliphatic carbocycles. The molecule has 0 radical (unpaired) electrons. The fourth-order valence-corrected chi connectivity index (χ4v) is 5.53. The van der Waals surface area contributed by atoms with Crippen LogP contribution in [-0.2, 0) is 27.1 Å². The number of benzene rings is 3. The van der Waals surface area contributed by atoms with E-state index in [1.807, 2.05) is 0 Å². The van der Waals surface area contributed by atoms with Gasteiger partial charge in [-0.15, -0.1) is 5.56 Å². The van der Waals surface area contributed by atoms with E-state index in [2.05, 4.69) is 122 Å². The van der Waals surface area contributed by atoms with E-state index in [4.69, 9.17) is 0 Å². The molecule has 4 heteroatoms. The largest absolute Gasteiger partial charge is 4.00 e. The van der Waals surface area contributed by atoms with Crippen LogP contribution in [0.5, 0.6) is 0 Å². The second kappa shape index (κ2) is 13.4. The maximum atomic E-state index is 2.41. The Balaban J connectivity index is 0.00000306. The number of rotatable bonds is 4. The molecule has 0 saturated heterocycles. The average Bonchev–Trinajstić information content (AvgIpc) is 2.99. The van der Waals surface area contributed by atoms with Crippen molar-refractivity contribution in [2.45, 2.75) is 60.8 Å². The summed E-state index contributed by atoms with van der Waals surface area (Å²) >= 11 is 0. The number of aryl methyl sites for hydroxylation is 8. The van der Waals surface area contributed by atoms with Crippen LogP contribution in [0.15, 0.2) is 66.7 Å². The molecular formula is C32H35Cl3Ti. The van der Waals surface area contributed by atoms with Gasteiger partial charge in [-0.2, -0.15) is 23.3 Å². The van der Waals surface area contributed by atoms with Crippen molar-refractivity contribution in [2.24, 2.45) is 0 Å². The number of hydrogen-bond donors (Lipinski definition) is 0. The summed E-state index contributed by atoms with van der Waals surface area (Å²) in [6.07, 6.45) is 0. The van der Waals surface area contributed by atoms with Gasteiger partial charge in [-0.1, -0.05) is 102 Å². The molecule has 0 aliphatic heterocycles. The molecule has 0 unspecified atom stereocenters.